The van der Waals surface area contributed by atoms with Gasteiger partial charge in [-0.25, -0.2) is 4.98 Å². The van der Waals surface area contributed by atoms with E-state index in [1.165, 1.54) is 11.3 Å². The monoisotopic (exact) mass is 576 g/mol. The van der Waals surface area contributed by atoms with Gasteiger partial charge < -0.3 is 23.7 Å². The second-order valence-electron chi connectivity index (χ2n) is 7.73. The van der Waals surface area contributed by atoms with Gasteiger partial charge in [-0.1, -0.05) is 24.3 Å². The van der Waals surface area contributed by atoms with Gasteiger partial charge in [-0.3, -0.25) is 9.69 Å². The maximum absolute atomic E-state index is 13.4. The first-order valence-electron chi connectivity index (χ1n) is 11.3. The van der Waals surface area contributed by atoms with Crippen LogP contribution in [0, 0.1) is 0 Å². The van der Waals surface area contributed by atoms with Gasteiger partial charge in [0.05, 0.1) is 20.8 Å². The number of nitrogens with zero attached hydrogens (tertiary/aromatic N) is 2. The van der Waals surface area contributed by atoms with Crippen molar-refractivity contribution >= 4 is 39.5 Å². The van der Waals surface area contributed by atoms with E-state index in [0.717, 1.165) is 22.6 Å². The molecule has 0 saturated heterocycles. The first-order valence-corrected chi connectivity index (χ1v) is 13.0. The van der Waals surface area contributed by atoms with Crippen molar-refractivity contribution in [1.82, 2.24) is 9.88 Å². The summed E-state index contributed by atoms with van der Waals surface area (Å²) in [5, 5.41) is 2.38. The predicted molar refractivity (Wildman–Crippen MR) is 140 cm³/mol. The van der Waals surface area contributed by atoms with E-state index in [4.69, 9.17) is 18.9 Å². The number of hydrogen-bond donors (Lipinski definition) is 0. The van der Waals surface area contributed by atoms with Gasteiger partial charge in [0.1, 0.15) is 46.1 Å². The van der Waals surface area contributed by atoms with E-state index in [-0.39, 0.29) is 13.2 Å². The number of rotatable bonds is 14. The molecular formula is C26H29BrN2O6S. The third kappa shape index (κ3) is 7.60. The SMILES string of the molecule is CCOC(=O)[C@H]([C@H](OCC=O)c1nc(Br)cs1)N(Cc1ccc(OC)cc1)Cc1ccc(OC)cc1. The van der Waals surface area contributed by atoms with Crippen molar-refractivity contribution in [3.63, 3.8) is 0 Å². The van der Waals surface area contributed by atoms with E-state index in [9.17, 15) is 9.59 Å². The molecular weight excluding hydrogens is 548 g/mol. The van der Waals surface area contributed by atoms with Gasteiger partial charge >= 0.3 is 5.97 Å². The van der Waals surface area contributed by atoms with Crippen molar-refractivity contribution in [2.75, 3.05) is 27.4 Å². The Bertz CT molecular complexity index is 1060. The molecule has 2 aromatic carbocycles. The van der Waals surface area contributed by atoms with Gasteiger partial charge in [0.2, 0.25) is 0 Å². The van der Waals surface area contributed by atoms with Crippen LogP contribution in [-0.4, -0.2) is 55.6 Å². The molecule has 3 aromatic rings. The Labute approximate surface area is 223 Å². The summed E-state index contributed by atoms with van der Waals surface area (Å²) in [5.74, 6) is 1.02. The summed E-state index contributed by atoms with van der Waals surface area (Å²) in [5.41, 5.74) is 1.93. The zero-order valence-electron chi connectivity index (χ0n) is 20.4. The van der Waals surface area contributed by atoms with Crippen LogP contribution in [0.15, 0.2) is 58.5 Å². The minimum atomic E-state index is -0.868. The molecule has 36 heavy (non-hydrogen) atoms. The zero-order chi connectivity index (χ0) is 25.9. The largest absolute Gasteiger partial charge is 0.497 e. The van der Waals surface area contributed by atoms with E-state index < -0.39 is 18.1 Å². The number of hydrogen-bond acceptors (Lipinski definition) is 9. The average Bonchev–Trinajstić information content (AvgIpc) is 3.33. The second kappa shape index (κ2) is 14.1. The van der Waals surface area contributed by atoms with Gasteiger partial charge in [-0.2, -0.15) is 0 Å². The lowest BCUT2D eigenvalue weighted by molar-refractivity contribution is -0.158. The maximum atomic E-state index is 13.4. The summed E-state index contributed by atoms with van der Waals surface area (Å²) in [6.45, 7) is 2.60. The Morgan fingerprint density at radius 2 is 1.58 bits per heavy atom. The molecule has 10 heteroatoms. The summed E-state index contributed by atoms with van der Waals surface area (Å²) in [7, 11) is 3.23. The molecule has 1 aromatic heterocycles. The quantitative estimate of drug-likeness (QED) is 0.199. The molecule has 0 radical (unpaired) electrons. The topological polar surface area (TPSA) is 87.2 Å². The van der Waals surface area contributed by atoms with Crippen LogP contribution < -0.4 is 9.47 Å². The third-order valence-corrected chi connectivity index (χ3v) is 6.99. The van der Waals surface area contributed by atoms with Crippen LogP contribution in [0.5, 0.6) is 11.5 Å². The first kappa shape index (κ1) is 27.8. The molecule has 0 unspecified atom stereocenters. The predicted octanol–water partition coefficient (Wildman–Crippen LogP) is 4.81. The first-order chi connectivity index (χ1) is 17.5. The van der Waals surface area contributed by atoms with Crippen molar-refractivity contribution in [3.05, 3.63) is 74.6 Å². The minimum Gasteiger partial charge on any atom is -0.497 e. The molecule has 8 nitrogen and oxygen atoms in total. The molecule has 0 aliphatic rings. The average molecular weight is 577 g/mol. The van der Waals surface area contributed by atoms with E-state index in [2.05, 4.69) is 20.9 Å². The molecule has 0 N–H and O–H groups in total. The molecule has 0 saturated carbocycles. The van der Waals surface area contributed by atoms with Gasteiger partial charge in [0.25, 0.3) is 0 Å². The lowest BCUT2D eigenvalue weighted by atomic mass is 10.1. The Morgan fingerprint density at radius 3 is 2.00 bits per heavy atom. The summed E-state index contributed by atoms with van der Waals surface area (Å²) in [6.07, 6.45) is -0.156. The van der Waals surface area contributed by atoms with Crippen molar-refractivity contribution in [2.45, 2.75) is 32.2 Å². The zero-order valence-corrected chi connectivity index (χ0v) is 22.8. The van der Waals surface area contributed by atoms with Crippen molar-refractivity contribution in [3.8, 4) is 11.5 Å². The van der Waals surface area contributed by atoms with E-state index in [1.807, 2.05) is 58.8 Å². The number of thiazole rings is 1. The van der Waals surface area contributed by atoms with Crippen molar-refractivity contribution in [2.24, 2.45) is 0 Å². The lowest BCUT2D eigenvalue weighted by Crippen LogP contribution is -2.46. The van der Waals surface area contributed by atoms with Crippen molar-refractivity contribution < 1.29 is 28.5 Å². The van der Waals surface area contributed by atoms with Crippen LogP contribution in [0.3, 0.4) is 0 Å². The summed E-state index contributed by atoms with van der Waals surface area (Å²) >= 11 is 4.72. The van der Waals surface area contributed by atoms with Crippen LogP contribution in [-0.2, 0) is 32.2 Å². The third-order valence-electron chi connectivity index (χ3n) is 5.38. The molecule has 0 fully saturated rings. The van der Waals surface area contributed by atoms with Gasteiger partial charge in [-0.05, 0) is 58.2 Å². The second-order valence-corrected chi connectivity index (χ2v) is 9.43. The molecule has 0 amide bonds. The number of benzene rings is 2. The van der Waals surface area contributed by atoms with E-state index in [0.29, 0.717) is 29.0 Å². The van der Waals surface area contributed by atoms with E-state index in [1.54, 1.807) is 21.1 Å². The van der Waals surface area contributed by atoms with Crippen LogP contribution >= 0.6 is 27.3 Å². The molecule has 1 heterocycles. The van der Waals surface area contributed by atoms with Crippen LogP contribution in [0.2, 0.25) is 0 Å². The fraction of sp³-hybridized carbons (Fsp3) is 0.346. The Morgan fingerprint density at radius 1 is 1.03 bits per heavy atom. The number of esters is 1. The maximum Gasteiger partial charge on any atom is 0.326 e. The fourth-order valence-corrected chi connectivity index (χ4v) is 5.05. The highest BCUT2D eigenvalue weighted by Gasteiger charge is 2.39. The van der Waals surface area contributed by atoms with Crippen molar-refractivity contribution in [1.29, 1.82) is 0 Å². The highest BCUT2D eigenvalue weighted by Crippen LogP contribution is 2.32. The molecule has 2 atom stereocenters. The van der Waals surface area contributed by atoms with Gasteiger partial charge in [0.15, 0.2) is 0 Å². The standard InChI is InChI=1S/C26H29BrN2O6S/c1-4-34-26(31)23(24(35-14-13-30)25-28-22(27)17-36-25)29(15-18-5-9-20(32-2)10-6-18)16-19-7-11-21(33-3)12-8-19/h5-13,17,23-24H,4,14-16H2,1-3H3/t23-,24-/m0/s1. The Kier molecular flexibility index (Phi) is 10.9. The number of ether oxygens (including phenoxy) is 4. The lowest BCUT2D eigenvalue weighted by Gasteiger charge is -2.34. The molecule has 0 bridgehead atoms. The van der Waals surface area contributed by atoms with Gasteiger partial charge in [-0.15, -0.1) is 11.3 Å². The summed E-state index contributed by atoms with van der Waals surface area (Å²) in [6, 6.07) is 14.4. The molecule has 0 aliphatic heterocycles. The Hall–Kier alpha value is -2.79. The highest BCUT2D eigenvalue weighted by atomic mass is 79.9. The summed E-state index contributed by atoms with van der Waals surface area (Å²) in [4.78, 5) is 31.2. The smallest absolute Gasteiger partial charge is 0.326 e. The minimum absolute atomic E-state index is 0.184. The molecule has 0 aliphatic carbocycles. The van der Waals surface area contributed by atoms with Crippen LogP contribution in [0.1, 0.15) is 29.2 Å². The number of aromatic nitrogens is 1. The Balaban J connectivity index is 2.05. The number of aldehydes is 1. The number of methoxy groups -OCH3 is 2. The number of carbonyl (C=O) groups is 2. The summed E-state index contributed by atoms with van der Waals surface area (Å²) < 4.78 is 22.6. The number of halogens is 1. The number of carbonyl (C=O) groups excluding carboxylic acids is 2. The fourth-order valence-electron chi connectivity index (χ4n) is 3.71. The van der Waals surface area contributed by atoms with Crippen LogP contribution in [0.4, 0.5) is 0 Å². The normalized spacial score (nSPS) is 12.7. The van der Waals surface area contributed by atoms with E-state index >= 15 is 0 Å². The highest BCUT2D eigenvalue weighted by molar-refractivity contribution is 9.10. The van der Waals surface area contributed by atoms with Gasteiger partial charge in [0, 0.05) is 18.5 Å². The van der Waals surface area contributed by atoms with Crippen LogP contribution in [0.25, 0.3) is 0 Å². The molecule has 3 rings (SSSR count). The molecule has 192 valence electrons. The molecule has 0 spiro atoms.